The minimum absolute atomic E-state index is 1.08. The maximum atomic E-state index is 3.77. The van der Waals surface area contributed by atoms with Gasteiger partial charge in [-0.1, -0.05) is 0 Å². The van der Waals surface area contributed by atoms with Crippen molar-refractivity contribution in [2.75, 3.05) is 14.1 Å². The van der Waals surface area contributed by atoms with Crippen molar-refractivity contribution in [3.63, 3.8) is 0 Å². The molecule has 0 N–H and O–H groups in total. The molecule has 0 amide bonds. The first-order valence-corrected chi connectivity index (χ1v) is 3.06. The van der Waals surface area contributed by atoms with Gasteiger partial charge in [0.2, 0.25) is 0 Å². The zero-order valence-electron chi connectivity index (χ0n) is 5.56. The second kappa shape index (κ2) is 3.19. The van der Waals surface area contributed by atoms with Crippen LogP contribution in [0.5, 0.6) is 0 Å². The molecule has 0 aliphatic rings. The third kappa shape index (κ3) is 2.42. The van der Waals surface area contributed by atoms with E-state index in [2.05, 4.69) is 22.4 Å². The molecule has 0 fully saturated rings. The quantitative estimate of drug-likeness (QED) is 0.561. The SMILES string of the molecule is C=C(C)[C](=[Cr])N(C)C. The molecular weight excluding hydrogens is 138 g/mol. The topological polar surface area (TPSA) is 3.24 Å². The van der Waals surface area contributed by atoms with Gasteiger partial charge in [0.15, 0.2) is 0 Å². The first kappa shape index (κ1) is 8.10. The van der Waals surface area contributed by atoms with Crippen LogP contribution in [0.15, 0.2) is 12.2 Å². The van der Waals surface area contributed by atoms with Crippen molar-refractivity contribution in [3.05, 3.63) is 12.2 Å². The summed E-state index contributed by atoms with van der Waals surface area (Å²) in [4.78, 5) is 2.00. The van der Waals surface area contributed by atoms with Crippen molar-refractivity contribution in [2.24, 2.45) is 0 Å². The first-order chi connectivity index (χ1) is 3.55. The van der Waals surface area contributed by atoms with Crippen LogP contribution in [0.2, 0.25) is 0 Å². The summed E-state index contributed by atoms with van der Waals surface area (Å²) >= 11 is 2.92. The third-order valence-corrected chi connectivity index (χ3v) is 1.89. The summed E-state index contributed by atoms with van der Waals surface area (Å²) in [7, 11) is 3.97. The molecule has 0 spiro atoms. The number of rotatable bonds is 2. The van der Waals surface area contributed by atoms with Gasteiger partial charge < -0.3 is 0 Å². The molecule has 0 bridgehead atoms. The van der Waals surface area contributed by atoms with Crippen molar-refractivity contribution < 1.29 is 15.9 Å². The molecular formula is C6H11CrN. The summed E-state index contributed by atoms with van der Waals surface area (Å²) in [6.07, 6.45) is 0. The van der Waals surface area contributed by atoms with Crippen LogP contribution in [0.3, 0.4) is 0 Å². The van der Waals surface area contributed by atoms with Gasteiger partial charge in [-0.15, -0.1) is 0 Å². The van der Waals surface area contributed by atoms with Gasteiger partial charge in [0, 0.05) is 0 Å². The Hall–Kier alpha value is 0.102. The van der Waals surface area contributed by atoms with Gasteiger partial charge in [-0.05, 0) is 0 Å². The van der Waals surface area contributed by atoms with Gasteiger partial charge in [-0.3, -0.25) is 0 Å². The van der Waals surface area contributed by atoms with E-state index in [4.69, 9.17) is 0 Å². The van der Waals surface area contributed by atoms with E-state index in [0.29, 0.717) is 0 Å². The van der Waals surface area contributed by atoms with Crippen LogP contribution in [0.1, 0.15) is 6.92 Å². The normalized spacial score (nSPS) is 9.50. The molecule has 0 aromatic heterocycles. The molecule has 8 heavy (non-hydrogen) atoms. The first-order valence-electron chi connectivity index (χ1n) is 2.43. The summed E-state index contributed by atoms with van der Waals surface area (Å²) in [5.74, 6) is 0. The molecule has 0 unspecified atom stereocenters. The van der Waals surface area contributed by atoms with E-state index in [-0.39, 0.29) is 0 Å². The summed E-state index contributed by atoms with van der Waals surface area (Å²) in [6, 6.07) is 0. The molecule has 0 radical (unpaired) electrons. The van der Waals surface area contributed by atoms with Crippen molar-refractivity contribution in [1.82, 2.24) is 4.90 Å². The molecule has 2 heteroatoms. The second-order valence-electron chi connectivity index (χ2n) is 1.98. The molecule has 0 rings (SSSR count). The molecule has 0 saturated carbocycles. The summed E-state index contributed by atoms with van der Waals surface area (Å²) in [6.45, 7) is 5.74. The van der Waals surface area contributed by atoms with Gasteiger partial charge in [0.25, 0.3) is 0 Å². The monoisotopic (exact) mass is 149 g/mol. The van der Waals surface area contributed by atoms with Crippen molar-refractivity contribution in [3.8, 4) is 0 Å². The molecule has 0 aliphatic heterocycles. The van der Waals surface area contributed by atoms with Gasteiger partial charge in [-0.2, -0.15) is 0 Å². The number of hydrogen-bond donors (Lipinski definition) is 0. The average molecular weight is 149 g/mol. The molecule has 46 valence electrons. The Morgan fingerprint density at radius 3 is 1.88 bits per heavy atom. The predicted octanol–water partition coefficient (Wildman–Crippen LogP) is 0.801. The van der Waals surface area contributed by atoms with Gasteiger partial charge in [0.05, 0.1) is 0 Å². The average Bonchev–Trinajstić information content (AvgIpc) is 1.64. The van der Waals surface area contributed by atoms with E-state index in [1.54, 1.807) is 0 Å². The molecule has 0 aromatic carbocycles. The van der Waals surface area contributed by atoms with E-state index in [9.17, 15) is 0 Å². The van der Waals surface area contributed by atoms with Gasteiger partial charge >= 0.3 is 58.4 Å². The van der Waals surface area contributed by atoms with Crippen LogP contribution in [0.4, 0.5) is 0 Å². The van der Waals surface area contributed by atoms with Crippen LogP contribution in [-0.2, 0) is 15.9 Å². The fourth-order valence-electron chi connectivity index (χ4n) is 0.382. The Morgan fingerprint density at radius 2 is 1.88 bits per heavy atom. The van der Waals surface area contributed by atoms with Crippen LogP contribution in [0, 0.1) is 0 Å². The number of likely N-dealkylation sites (N-methyl/N-ethyl adjacent to an activating group) is 1. The Labute approximate surface area is 59.0 Å². The van der Waals surface area contributed by atoms with Crippen LogP contribution >= 0.6 is 0 Å². The van der Waals surface area contributed by atoms with E-state index in [0.717, 1.165) is 10.1 Å². The van der Waals surface area contributed by atoms with Crippen LogP contribution in [-0.4, -0.2) is 23.5 Å². The van der Waals surface area contributed by atoms with Gasteiger partial charge in [0.1, 0.15) is 0 Å². The Kier molecular flexibility index (Phi) is 3.23. The molecule has 0 atom stereocenters. The predicted molar refractivity (Wildman–Crippen MR) is 33.5 cm³/mol. The van der Waals surface area contributed by atoms with E-state index in [1.165, 1.54) is 0 Å². The van der Waals surface area contributed by atoms with E-state index < -0.39 is 0 Å². The summed E-state index contributed by atoms with van der Waals surface area (Å²) in [5, 5.41) is 0. The van der Waals surface area contributed by atoms with Crippen molar-refractivity contribution in [1.29, 1.82) is 0 Å². The molecule has 0 aromatic rings. The van der Waals surface area contributed by atoms with Crippen LogP contribution in [0.25, 0.3) is 0 Å². The Balaban J connectivity index is 3.84. The van der Waals surface area contributed by atoms with Crippen molar-refractivity contribution >= 4 is 4.50 Å². The molecule has 0 heterocycles. The zero-order chi connectivity index (χ0) is 6.73. The summed E-state index contributed by atoms with van der Waals surface area (Å²) in [5.41, 5.74) is 1.08. The summed E-state index contributed by atoms with van der Waals surface area (Å²) < 4.78 is 1.12. The van der Waals surface area contributed by atoms with E-state index in [1.807, 2.05) is 25.9 Å². The maximum absolute atomic E-state index is 3.77. The zero-order valence-corrected chi connectivity index (χ0v) is 6.84. The van der Waals surface area contributed by atoms with E-state index >= 15 is 0 Å². The number of hydrogen-bond acceptors (Lipinski definition) is 1. The number of nitrogens with zero attached hydrogens (tertiary/aromatic N) is 1. The molecule has 1 nitrogen and oxygen atoms in total. The fraction of sp³-hybridized carbons (Fsp3) is 0.500. The van der Waals surface area contributed by atoms with Crippen molar-refractivity contribution in [2.45, 2.75) is 6.92 Å². The van der Waals surface area contributed by atoms with Crippen LogP contribution < -0.4 is 0 Å². The Bertz CT molecular complexity index is 116. The molecule has 0 saturated heterocycles. The third-order valence-electron chi connectivity index (χ3n) is 0.771. The standard InChI is InChI=1S/C6H11N.Cr/c1-6(2)5-7(3)4;/h1H2,2-4H3;. The Morgan fingerprint density at radius 1 is 1.50 bits per heavy atom. The minimum atomic E-state index is 1.08. The fourth-order valence-corrected chi connectivity index (χ4v) is 0.382. The van der Waals surface area contributed by atoms with Gasteiger partial charge in [-0.25, -0.2) is 0 Å². The molecule has 0 aliphatic carbocycles. The second-order valence-corrected chi connectivity index (χ2v) is 2.58.